The largest absolute Gasteiger partial charge is 0.433 e. The van der Waals surface area contributed by atoms with Gasteiger partial charge in [0.05, 0.1) is 12.2 Å². The summed E-state index contributed by atoms with van der Waals surface area (Å²) in [6.07, 6.45) is 1.63. The molecule has 0 fully saturated rings. The van der Waals surface area contributed by atoms with Crippen molar-refractivity contribution in [3.8, 4) is 5.75 Å². The van der Waals surface area contributed by atoms with Crippen molar-refractivity contribution in [3.63, 3.8) is 0 Å². The van der Waals surface area contributed by atoms with Gasteiger partial charge in [-0.05, 0) is 48.5 Å². The smallest absolute Gasteiger partial charge is 0.387 e. The van der Waals surface area contributed by atoms with Crippen molar-refractivity contribution in [2.24, 2.45) is 0 Å². The second-order valence-electron chi connectivity index (χ2n) is 6.07. The van der Waals surface area contributed by atoms with Gasteiger partial charge in [0, 0.05) is 11.2 Å². The fourth-order valence-corrected chi connectivity index (χ4v) is 3.15. The van der Waals surface area contributed by atoms with E-state index < -0.39 is 6.61 Å². The molecule has 0 radical (unpaired) electrons. The van der Waals surface area contributed by atoms with Crippen molar-refractivity contribution in [1.82, 2.24) is 9.78 Å². The monoisotopic (exact) mass is 456 g/mol. The number of benzene rings is 2. The molecule has 2 N–H and O–H groups in total. The van der Waals surface area contributed by atoms with Crippen LogP contribution in [0.2, 0.25) is 10.0 Å². The lowest BCUT2D eigenvalue weighted by Crippen LogP contribution is -2.20. The number of hydrogen-bond donors (Lipinski definition) is 2. The van der Waals surface area contributed by atoms with Crippen molar-refractivity contribution in [2.45, 2.75) is 20.1 Å². The van der Waals surface area contributed by atoms with Crippen LogP contribution in [-0.4, -0.2) is 21.5 Å². The third kappa shape index (κ3) is 5.79. The maximum Gasteiger partial charge on any atom is 0.387 e. The molecular formula is C19H16Cl2F2N4OS. The lowest BCUT2D eigenvalue weighted by molar-refractivity contribution is -0.0493. The average molecular weight is 457 g/mol. The van der Waals surface area contributed by atoms with Crippen LogP contribution in [0.5, 0.6) is 5.75 Å². The highest BCUT2D eigenvalue weighted by Gasteiger charge is 2.14. The zero-order chi connectivity index (χ0) is 21.0. The van der Waals surface area contributed by atoms with Gasteiger partial charge in [-0.3, -0.25) is 4.68 Å². The van der Waals surface area contributed by atoms with Crippen LogP contribution < -0.4 is 15.4 Å². The molecule has 10 heteroatoms. The molecule has 0 bridgehead atoms. The zero-order valence-electron chi connectivity index (χ0n) is 15.1. The summed E-state index contributed by atoms with van der Waals surface area (Å²) >= 11 is 17.6. The molecule has 152 valence electrons. The maximum atomic E-state index is 12.6. The Morgan fingerprint density at radius 3 is 2.66 bits per heavy atom. The van der Waals surface area contributed by atoms with Crippen LogP contribution in [0.25, 0.3) is 0 Å². The SMILES string of the molecule is Cc1ccc(NC(=S)Nc2nn(Cc3ccccc3Cl)cc2Cl)c(OC(F)F)c1. The van der Waals surface area contributed by atoms with Gasteiger partial charge < -0.3 is 15.4 Å². The van der Waals surface area contributed by atoms with Crippen molar-refractivity contribution in [1.29, 1.82) is 0 Å². The van der Waals surface area contributed by atoms with Gasteiger partial charge in [0.2, 0.25) is 0 Å². The predicted molar refractivity (Wildman–Crippen MR) is 115 cm³/mol. The van der Waals surface area contributed by atoms with E-state index >= 15 is 0 Å². The van der Waals surface area contributed by atoms with Crippen LogP contribution in [0.15, 0.2) is 48.7 Å². The molecule has 0 atom stereocenters. The van der Waals surface area contributed by atoms with Crippen LogP contribution in [0.4, 0.5) is 20.3 Å². The highest BCUT2D eigenvalue weighted by molar-refractivity contribution is 7.80. The summed E-state index contributed by atoms with van der Waals surface area (Å²) < 4.78 is 31.4. The number of halogens is 4. The molecule has 0 aliphatic heterocycles. The molecule has 0 unspecified atom stereocenters. The number of nitrogens with one attached hydrogen (secondary N) is 2. The second kappa shape index (κ2) is 9.39. The van der Waals surface area contributed by atoms with E-state index in [-0.39, 0.29) is 10.9 Å². The molecule has 3 rings (SSSR count). The lowest BCUT2D eigenvalue weighted by Gasteiger charge is -2.14. The molecule has 2 aromatic carbocycles. The molecule has 29 heavy (non-hydrogen) atoms. The summed E-state index contributed by atoms with van der Waals surface area (Å²) in [5, 5.41) is 11.1. The second-order valence-corrected chi connectivity index (χ2v) is 7.29. The molecule has 3 aromatic rings. The summed E-state index contributed by atoms with van der Waals surface area (Å²) in [5.41, 5.74) is 1.94. The molecule has 5 nitrogen and oxygen atoms in total. The molecule has 0 amide bonds. The van der Waals surface area contributed by atoms with E-state index in [9.17, 15) is 8.78 Å². The van der Waals surface area contributed by atoms with E-state index in [2.05, 4.69) is 20.5 Å². The number of ether oxygens (including phenoxy) is 1. The molecule has 0 saturated heterocycles. The van der Waals surface area contributed by atoms with Gasteiger partial charge in [0.15, 0.2) is 10.9 Å². The number of aryl methyl sites for hydroxylation is 1. The van der Waals surface area contributed by atoms with Crippen molar-refractivity contribution >= 4 is 52.0 Å². The van der Waals surface area contributed by atoms with Crippen molar-refractivity contribution < 1.29 is 13.5 Å². The Labute approximate surface area is 181 Å². The minimum absolute atomic E-state index is 0.0144. The normalized spacial score (nSPS) is 10.8. The summed E-state index contributed by atoms with van der Waals surface area (Å²) in [6, 6.07) is 12.2. The number of anilines is 2. The van der Waals surface area contributed by atoms with E-state index in [1.807, 2.05) is 18.2 Å². The first-order valence-corrected chi connectivity index (χ1v) is 9.58. The highest BCUT2D eigenvalue weighted by Crippen LogP contribution is 2.28. The summed E-state index contributed by atoms with van der Waals surface area (Å²) in [7, 11) is 0. The van der Waals surface area contributed by atoms with E-state index in [4.69, 9.17) is 35.4 Å². The van der Waals surface area contributed by atoms with Gasteiger partial charge in [-0.1, -0.05) is 47.5 Å². The maximum absolute atomic E-state index is 12.6. The van der Waals surface area contributed by atoms with Gasteiger partial charge in [-0.15, -0.1) is 0 Å². The number of rotatable bonds is 6. The molecule has 1 heterocycles. The Kier molecular flexibility index (Phi) is 6.89. The van der Waals surface area contributed by atoms with Gasteiger partial charge in [0.1, 0.15) is 10.8 Å². The number of aromatic nitrogens is 2. The Hall–Kier alpha value is -2.42. The first-order chi connectivity index (χ1) is 13.8. The topological polar surface area (TPSA) is 51.1 Å². The fourth-order valence-electron chi connectivity index (χ4n) is 2.55. The zero-order valence-corrected chi connectivity index (χ0v) is 17.5. The van der Waals surface area contributed by atoms with Crippen LogP contribution in [-0.2, 0) is 6.54 Å². The summed E-state index contributed by atoms with van der Waals surface area (Å²) in [6.45, 7) is -0.760. The molecule has 0 spiro atoms. The van der Waals surface area contributed by atoms with Gasteiger partial charge in [-0.25, -0.2) is 0 Å². The van der Waals surface area contributed by atoms with Crippen LogP contribution >= 0.6 is 35.4 Å². The van der Waals surface area contributed by atoms with Crippen LogP contribution in [0.1, 0.15) is 11.1 Å². The van der Waals surface area contributed by atoms with Gasteiger partial charge in [0.25, 0.3) is 0 Å². The third-order valence-corrected chi connectivity index (χ3v) is 4.69. The lowest BCUT2D eigenvalue weighted by atomic mass is 10.2. The quantitative estimate of drug-likeness (QED) is 0.448. The minimum atomic E-state index is -2.95. The van der Waals surface area contributed by atoms with Crippen LogP contribution in [0.3, 0.4) is 0 Å². The van der Waals surface area contributed by atoms with E-state index in [1.54, 1.807) is 36.0 Å². The predicted octanol–water partition coefficient (Wildman–Crippen LogP) is 5.96. The van der Waals surface area contributed by atoms with Crippen molar-refractivity contribution in [2.75, 3.05) is 10.6 Å². The summed E-state index contributed by atoms with van der Waals surface area (Å²) in [5.74, 6) is 0.305. The number of hydrogen-bond acceptors (Lipinski definition) is 3. The molecular weight excluding hydrogens is 441 g/mol. The Morgan fingerprint density at radius 1 is 1.17 bits per heavy atom. The molecule has 0 aliphatic carbocycles. The first-order valence-electron chi connectivity index (χ1n) is 8.41. The first kappa shape index (κ1) is 21.3. The molecule has 0 aliphatic rings. The number of nitrogens with zero attached hydrogens (tertiary/aromatic N) is 2. The third-order valence-electron chi connectivity index (χ3n) is 3.84. The standard InChI is InChI=1S/C19H16Cl2F2N4OS/c1-11-6-7-15(16(8-11)28-18(22)23)24-19(29)25-17-14(21)10-27(26-17)9-12-4-2-3-5-13(12)20/h2-8,10,18H,9H2,1H3,(H2,24,25,26,29). The fraction of sp³-hybridized carbons (Fsp3) is 0.158. The average Bonchev–Trinajstić information content (AvgIpc) is 2.98. The highest BCUT2D eigenvalue weighted by atomic mass is 35.5. The molecule has 1 aromatic heterocycles. The molecule has 0 saturated carbocycles. The Morgan fingerprint density at radius 2 is 1.93 bits per heavy atom. The van der Waals surface area contributed by atoms with E-state index in [0.29, 0.717) is 28.1 Å². The number of alkyl halides is 2. The van der Waals surface area contributed by atoms with Crippen molar-refractivity contribution in [3.05, 3.63) is 69.8 Å². The number of thiocarbonyl (C=S) groups is 1. The van der Waals surface area contributed by atoms with Gasteiger partial charge >= 0.3 is 6.61 Å². The minimum Gasteiger partial charge on any atom is -0.433 e. The Balaban J connectivity index is 1.70. The van der Waals surface area contributed by atoms with Gasteiger partial charge in [-0.2, -0.15) is 13.9 Å². The van der Waals surface area contributed by atoms with E-state index in [0.717, 1.165) is 11.1 Å². The Bertz CT molecular complexity index is 1030. The van der Waals surface area contributed by atoms with Crippen LogP contribution in [0, 0.1) is 6.92 Å². The van der Waals surface area contributed by atoms with E-state index in [1.165, 1.54) is 6.07 Å². The summed E-state index contributed by atoms with van der Waals surface area (Å²) in [4.78, 5) is 0.